The lowest BCUT2D eigenvalue weighted by molar-refractivity contribution is -0.111. The van der Waals surface area contributed by atoms with Crippen LogP contribution in [0.3, 0.4) is 0 Å². The molecule has 78 valence electrons. The molecule has 0 N–H and O–H groups in total. The lowest BCUT2D eigenvalue weighted by Crippen LogP contribution is -1.99. The van der Waals surface area contributed by atoms with Crippen molar-refractivity contribution in [3.63, 3.8) is 0 Å². The van der Waals surface area contributed by atoms with Gasteiger partial charge in [-0.3, -0.25) is 4.79 Å². The number of rotatable bonds is 3. The third kappa shape index (κ3) is 2.05. The largest absolute Gasteiger partial charge is 0.347 e. The lowest BCUT2D eigenvalue weighted by atomic mass is 10.2. The monoisotopic (exact) mass is 221 g/mol. The highest BCUT2D eigenvalue weighted by Crippen LogP contribution is 2.20. The Morgan fingerprint density at radius 1 is 1.40 bits per heavy atom. The van der Waals surface area contributed by atoms with Gasteiger partial charge < -0.3 is 4.57 Å². The average Bonchev–Trinajstić information content (AvgIpc) is 2.54. The summed E-state index contributed by atoms with van der Waals surface area (Å²) in [6.07, 6.45) is 2.43. The van der Waals surface area contributed by atoms with E-state index in [2.05, 4.69) is 29.8 Å². The molecule has 1 aromatic carbocycles. The van der Waals surface area contributed by atoms with Crippen LogP contribution in [0.25, 0.3) is 10.9 Å². The van der Waals surface area contributed by atoms with Gasteiger partial charge >= 0.3 is 0 Å². The third-order valence-electron chi connectivity index (χ3n) is 2.54. The number of para-hydroxylation sites is 1. The fraction of sp³-hybridized carbons (Fsp3) is 0.250. The molecule has 2 rings (SSSR count). The van der Waals surface area contributed by atoms with Gasteiger partial charge in [-0.15, -0.1) is 0 Å². The van der Waals surface area contributed by atoms with E-state index in [-0.39, 0.29) is 5.24 Å². The highest BCUT2D eigenvalue weighted by molar-refractivity contribution is 6.63. The standard InChI is InChI=1S/C12H12ClNO/c1-9-8-14(7-6-12(13)15)11-5-3-2-4-10(9)11/h2-5,8H,6-7H2,1H3. The van der Waals surface area contributed by atoms with E-state index in [1.165, 1.54) is 10.9 Å². The van der Waals surface area contributed by atoms with Crippen molar-refractivity contribution in [2.24, 2.45) is 0 Å². The van der Waals surface area contributed by atoms with E-state index in [0.717, 1.165) is 5.52 Å². The van der Waals surface area contributed by atoms with Crippen molar-refractivity contribution in [1.29, 1.82) is 0 Å². The van der Waals surface area contributed by atoms with Crippen molar-refractivity contribution in [3.05, 3.63) is 36.0 Å². The smallest absolute Gasteiger partial charge is 0.223 e. The van der Waals surface area contributed by atoms with E-state index in [0.29, 0.717) is 13.0 Å². The minimum Gasteiger partial charge on any atom is -0.347 e. The van der Waals surface area contributed by atoms with Crippen molar-refractivity contribution < 1.29 is 4.79 Å². The van der Waals surface area contributed by atoms with Crippen LogP contribution in [0.5, 0.6) is 0 Å². The van der Waals surface area contributed by atoms with Gasteiger partial charge in [0.1, 0.15) is 0 Å². The van der Waals surface area contributed by atoms with Crippen LogP contribution < -0.4 is 0 Å². The first-order valence-electron chi connectivity index (χ1n) is 4.91. The summed E-state index contributed by atoms with van der Waals surface area (Å²) in [5.41, 5.74) is 2.39. The lowest BCUT2D eigenvalue weighted by Gasteiger charge is -2.01. The number of aromatic nitrogens is 1. The summed E-state index contributed by atoms with van der Waals surface area (Å²) in [6.45, 7) is 2.72. The summed E-state index contributed by atoms with van der Waals surface area (Å²) in [7, 11) is 0. The van der Waals surface area contributed by atoms with Crippen LogP contribution in [-0.4, -0.2) is 9.81 Å². The first kappa shape index (κ1) is 10.2. The second-order valence-corrected chi connectivity index (χ2v) is 4.05. The zero-order valence-corrected chi connectivity index (χ0v) is 9.29. The number of carbonyl (C=O) groups is 1. The number of carbonyl (C=O) groups excluding carboxylic acids is 1. The Morgan fingerprint density at radius 3 is 2.87 bits per heavy atom. The average molecular weight is 222 g/mol. The molecule has 0 aliphatic carbocycles. The van der Waals surface area contributed by atoms with Crippen LogP contribution in [0, 0.1) is 6.92 Å². The van der Waals surface area contributed by atoms with E-state index in [1.54, 1.807) is 0 Å². The van der Waals surface area contributed by atoms with Crippen molar-refractivity contribution in [2.45, 2.75) is 19.9 Å². The fourth-order valence-corrected chi connectivity index (χ4v) is 1.91. The topological polar surface area (TPSA) is 22.0 Å². The van der Waals surface area contributed by atoms with E-state index in [9.17, 15) is 4.79 Å². The molecular weight excluding hydrogens is 210 g/mol. The summed E-state index contributed by atoms with van der Waals surface area (Å²) < 4.78 is 2.07. The Hall–Kier alpha value is -1.28. The Morgan fingerprint density at radius 2 is 2.13 bits per heavy atom. The molecule has 1 heterocycles. The molecule has 0 bridgehead atoms. The fourth-order valence-electron chi connectivity index (χ4n) is 1.82. The van der Waals surface area contributed by atoms with Crippen LogP contribution in [-0.2, 0) is 11.3 Å². The summed E-state index contributed by atoms with van der Waals surface area (Å²) >= 11 is 5.33. The van der Waals surface area contributed by atoms with Gasteiger partial charge in [0.2, 0.25) is 5.24 Å². The number of fused-ring (bicyclic) bond motifs is 1. The van der Waals surface area contributed by atoms with Gasteiger partial charge in [0.15, 0.2) is 0 Å². The van der Waals surface area contributed by atoms with Crippen LogP contribution in [0.15, 0.2) is 30.5 Å². The van der Waals surface area contributed by atoms with E-state index < -0.39 is 0 Å². The first-order valence-corrected chi connectivity index (χ1v) is 5.29. The molecule has 0 aliphatic rings. The van der Waals surface area contributed by atoms with E-state index in [4.69, 9.17) is 11.6 Å². The molecular formula is C12H12ClNO. The predicted octanol–water partition coefficient (Wildman–Crippen LogP) is 3.11. The van der Waals surface area contributed by atoms with Gasteiger partial charge in [-0.25, -0.2) is 0 Å². The normalized spacial score (nSPS) is 10.8. The van der Waals surface area contributed by atoms with Crippen LogP contribution in [0.4, 0.5) is 0 Å². The molecule has 0 amide bonds. The molecule has 2 aromatic rings. The van der Waals surface area contributed by atoms with Crippen molar-refractivity contribution >= 4 is 27.7 Å². The highest BCUT2D eigenvalue weighted by atomic mass is 35.5. The molecule has 0 fully saturated rings. The molecule has 0 saturated carbocycles. The Bertz CT molecular complexity index is 501. The molecule has 15 heavy (non-hydrogen) atoms. The van der Waals surface area contributed by atoms with Crippen molar-refractivity contribution in [1.82, 2.24) is 4.57 Å². The number of benzene rings is 1. The summed E-state index contributed by atoms with van der Waals surface area (Å²) in [5, 5.41) is 0.949. The number of nitrogens with zero attached hydrogens (tertiary/aromatic N) is 1. The van der Waals surface area contributed by atoms with Gasteiger partial charge in [0.05, 0.1) is 0 Å². The molecule has 0 unspecified atom stereocenters. The second-order valence-electron chi connectivity index (χ2n) is 3.63. The molecule has 0 spiro atoms. The summed E-state index contributed by atoms with van der Waals surface area (Å²) in [6, 6.07) is 8.16. The third-order valence-corrected chi connectivity index (χ3v) is 2.73. The van der Waals surface area contributed by atoms with E-state index >= 15 is 0 Å². The van der Waals surface area contributed by atoms with Crippen molar-refractivity contribution in [2.75, 3.05) is 0 Å². The Kier molecular flexibility index (Phi) is 2.78. The summed E-state index contributed by atoms with van der Waals surface area (Å²) in [5.74, 6) is 0. The van der Waals surface area contributed by atoms with Gasteiger partial charge in [0, 0.05) is 30.1 Å². The van der Waals surface area contributed by atoms with Gasteiger partial charge in [-0.05, 0) is 30.2 Å². The van der Waals surface area contributed by atoms with Crippen LogP contribution in [0.1, 0.15) is 12.0 Å². The molecule has 1 aromatic heterocycles. The SMILES string of the molecule is Cc1cn(CCC(=O)Cl)c2ccccc12. The molecule has 3 heteroatoms. The van der Waals surface area contributed by atoms with Gasteiger partial charge in [-0.1, -0.05) is 18.2 Å². The number of hydrogen-bond donors (Lipinski definition) is 0. The molecule has 0 radical (unpaired) electrons. The van der Waals surface area contributed by atoms with Crippen LogP contribution in [0.2, 0.25) is 0 Å². The highest BCUT2D eigenvalue weighted by Gasteiger charge is 2.05. The zero-order valence-electron chi connectivity index (χ0n) is 8.53. The Labute approximate surface area is 93.5 Å². The number of hydrogen-bond acceptors (Lipinski definition) is 1. The molecule has 0 aliphatic heterocycles. The Balaban J connectivity index is 2.39. The minimum atomic E-state index is -0.287. The quantitative estimate of drug-likeness (QED) is 0.730. The predicted molar refractivity (Wildman–Crippen MR) is 62.2 cm³/mol. The zero-order chi connectivity index (χ0) is 10.8. The molecule has 0 atom stereocenters. The van der Waals surface area contributed by atoms with Gasteiger partial charge in [-0.2, -0.15) is 0 Å². The molecule has 2 nitrogen and oxygen atoms in total. The van der Waals surface area contributed by atoms with Gasteiger partial charge in [0.25, 0.3) is 0 Å². The summed E-state index contributed by atoms with van der Waals surface area (Å²) in [4.78, 5) is 10.7. The van der Waals surface area contributed by atoms with E-state index in [1.807, 2.05) is 12.1 Å². The second kappa shape index (κ2) is 4.07. The van der Waals surface area contributed by atoms with Crippen LogP contribution >= 0.6 is 11.6 Å². The maximum atomic E-state index is 10.7. The number of aryl methyl sites for hydroxylation is 2. The maximum absolute atomic E-state index is 10.7. The van der Waals surface area contributed by atoms with Crippen molar-refractivity contribution in [3.8, 4) is 0 Å². The maximum Gasteiger partial charge on any atom is 0.223 e. The molecule has 0 saturated heterocycles. The first-order chi connectivity index (χ1) is 7.18. The minimum absolute atomic E-state index is 0.287. The number of halogens is 1.